The monoisotopic (exact) mass is 256 g/mol. The van der Waals surface area contributed by atoms with Crippen LogP contribution in [0.15, 0.2) is 54.6 Å². The van der Waals surface area contributed by atoms with Crippen molar-refractivity contribution < 1.29 is 9.84 Å². The maximum absolute atomic E-state index is 10.9. The van der Waals surface area contributed by atoms with Crippen LogP contribution in [0, 0.1) is 6.92 Å². The van der Waals surface area contributed by atoms with Crippen LogP contribution >= 0.6 is 0 Å². The van der Waals surface area contributed by atoms with E-state index in [1.54, 1.807) is 7.11 Å². The van der Waals surface area contributed by atoms with Gasteiger partial charge >= 0.3 is 0 Å². The predicted octanol–water partition coefficient (Wildman–Crippen LogP) is 3.07. The third-order valence-electron chi connectivity index (χ3n) is 3.27. The zero-order chi connectivity index (χ0) is 13.7. The van der Waals surface area contributed by atoms with E-state index in [0.29, 0.717) is 6.42 Å². The van der Waals surface area contributed by atoms with E-state index in [-0.39, 0.29) is 6.61 Å². The Kier molecular flexibility index (Phi) is 4.35. The number of rotatable bonds is 5. The molecule has 0 aliphatic carbocycles. The second-order valence-electron chi connectivity index (χ2n) is 5.00. The van der Waals surface area contributed by atoms with Gasteiger partial charge in [0.2, 0.25) is 0 Å². The summed E-state index contributed by atoms with van der Waals surface area (Å²) in [5, 5.41) is 10.9. The van der Waals surface area contributed by atoms with Gasteiger partial charge in [-0.15, -0.1) is 0 Å². The largest absolute Gasteiger partial charge is 0.382 e. The molecule has 2 heteroatoms. The summed E-state index contributed by atoms with van der Waals surface area (Å²) in [6.07, 6.45) is 0.548. The van der Waals surface area contributed by atoms with Gasteiger partial charge in [0.1, 0.15) is 5.60 Å². The maximum Gasteiger partial charge on any atom is 0.117 e. The lowest BCUT2D eigenvalue weighted by Crippen LogP contribution is -2.33. The zero-order valence-corrected chi connectivity index (χ0v) is 11.5. The van der Waals surface area contributed by atoms with Crippen LogP contribution in [0.4, 0.5) is 0 Å². The van der Waals surface area contributed by atoms with Crippen molar-refractivity contribution in [2.45, 2.75) is 18.9 Å². The van der Waals surface area contributed by atoms with Crippen LogP contribution in [0.5, 0.6) is 0 Å². The molecule has 100 valence electrons. The molecule has 0 heterocycles. The third kappa shape index (κ3) is 3.43. The molecule has 19 heavy (non-hydrogen) atoms. The maximum atomic E-state index is 10.9. The summed E-state index contributed by atoms with van der Waals surface area (Å²) in [5.41, 5.74) is 2.22. The fourth-order valence-corrected chi connectivity index (χ4v) is 2.38. The molecule has 2 rings (SSSR count). The molecule has 2 aromatic carbocycles. The highest BCUT2D eigenvalue weighted by molar-refractivity contribution is 5.29. The summed E-state index contributed by atoms with van der Waals surface area (Å²) >= 11 is 0. The molecule has 0 fully saturated rings. The smallest absolute Gasteiger partial charge is 0.117 e. The van der Waals surface area contributed by atoms with Gasteiger partial charge in [0.05, 0.1) is 6.61 Å². The average Bonchev–Trinajstić information content (AvgIpc) is 2.40. The van der Waals surface area contributed by atoms with Gasteiger partial charge in [-0.3, -0.25) is 0 Å². The van der Waals surface area contributed by atoms with Crippen molar-refractivity contribution in [3.63, 3.8) is 0 Å². The van der Waals surface area contributed by atoms with Crippen LogP contribution in [-0.4, -0.2) is 18.8 Å². The Morgan fingerprint density at radius 2 is 1.79 bits per heavy atom. The van der Waals surface area contributed by atoms with E-state index in [4.69, 9.17) is 4.74 Å². The number of aryl methyl sites for hydroxylation is 1. The van der Waals surface area contributed by atoms with Crippen molar-refractivity contribution in [1.29, 1.82) is 0 Å². The molecule has 0 aliphatic rings. The second-order valence-corrected chi connectivity index (χ2v) is 5.00. The molecule has 0 aliphatic heterocycles. The summed E-state index contributed by atoms with van der Waals surface area (Å²) in [6, 6.07) is 17.9. The summed E-state index contributed by atoms with van der Waals surface area (Å²) in [7, 11) is 1.62. The van der Waals surface area contributed by atoms with Crippen molar-refractivity contribution in [1.82, 2.24) is 0 Å². The van der Waals surface area contributed by atoms with Gasteiger partial charge in [0, 0.05) is 13.5 Å². The fourth-order valence-electron chi connectivity index (χ4n) is 2.38. The first-order chi connectivity index (χ1) is 9.14. The third-order valence-corrected chi connectivity index (χ3v) is 3.27. The van der Waals surface area contributed by atoms with Crippen molar-refractivity contribution in [2.75, 3.05) is 13.7 Å². The number of ether oxygens (including phenoxy) is 1. The van der Waals surface area contributed by atoms with Crippen molar-refractivity contribution in [3.8, 4) is 0 Å². The quantitative estimate of drug-likeness (QED) is 0.891. The van der Waals surface area contributed by atoms with E-state index in [1.807, 2.05) is 42.5 Å². The molecule has 1 atom stereocenters. The number of benzene rings is 2. The number of hydrogen-bond donors (Lipinski definition) is 1. The first-order valence-electron chi connectivity index (χ1n) is 6.46. The summed E-state index contributed by atoms with van der Waals surface area (Å²) < 4.78 is 5.21. The minimum absolute atomic E-state index is 0.283. The number of methoxy groups -OCH3 is 1. The number of aliphatic hydroxyl groups is 1. The number of hydrogen-bond acceptors (Lipinski definition) is 2. The lowest BCUT2D eigenvalue weighted by atomic mass is 9.87. The lowest BCUT2D eigenvalue weighted by molar-refractivity contribution is -0.0355. The first-order valence-corrected chi connectivity index (χ1v) is 6.46. The molecule has 0 radical (unpaired) electrons. The Morgan fingerprint density at radius 1 is 1.05 bits per heavy atom. The molecule has 0 aromatic heterocycles. The molecular weight excluding hydrogens is 236 g/mol. The van der Waals surface area contributed by atoms with E-state index >= 15 is 0 Å². The molecule has 2 nitrogen and oxygen atoms in total. The van der Waals surface area contributed by atoms with E-state index < -0.39 is 5.60 Å². The highest BCUT2D eigenvalue weighted by atomic mass is 16.5. The van der Waals surface area contributed by atoms with Gasteiger partial charge in [-0.2, -0.15) is 0 Å². The molecule has 0 amide bonds. The van der Waals surface area contributed by atoms with Gasteiger partial charge < -0.3 is 9.84 Å². The highest BCUT2D eigenvalue weighted by Gasteiger charge is 2.29. The minimum atomic E-state index is -0.982. The van der Waals surface area contributed by atoms with Gasteiger partial charge in [-0.05, 0) is 18.1 Å². The Bertz CT molecular complexity index is 522. The van der Waals surface area contributed by atoms with E-state index in [2.05, 4.69) is 19.1 Å². The zero-order valence-electron chi connectivity index (χ0n) is 11.5. The van der Waals surface area contributed by atoms with Gasteiger partial charge in [0.25, 0.3) is 0 Å². The van der Waals surface area contributed by atoms with Gasteiger partial charge in [-0.1, -0.05) is 60.2 Å². The van der Waals surface area contributed by atoms with Crippen LogP contribution in [0.1, 0.15) is 16.7 Å². The normalized spacial score (nSPS) is 14.1. The molecule has 1 N–H and O–H groups in total. The van der Waals surface area contributed by atoms with Crippen molar-refractivity contribution in [3.05, 3.63) is 71.3 Å². The molecule has 0 saturated carbocycles. The van der Waals surface area contributed by atoms with E-state index in [0.717, 1.165) is 11.1 Å². The molecule has 0 saturated heterocycles. The summed E-state index contributed by atoms with van der Waals surface area (Å²) in [4.78, 5) is 0. The Labute approximate surface area is 114 Å². The predicted molar refractivity (Wildman–Crippen MR) is 77.1 cm³/mol. The van der Waals surface area contributed by atoms with Crippen LogP contribution in [0.25, 0.3) is 0 Å². The molecule has 0 bridgehead atoms. The van der Waals surface area contributed by atoms with E-state index in [9.17, 15) is 5.11 Å². The van der Waals surface area contributed by atoms with Crippen LogP contribution in [0.3, 0.4) is 0 Å². The SMILES string of the molecule is COCC(O)(Cc1cccc(C)c1)c1ccccc1. The summed E-state index contributed by atoms with van der Waals surface area (Å²) in [5.74, 6) is 0. The van der Waals surface area contributed by atoms with Crippen LogP contribution < -0.4 is 0 Å². The van der Waals surface area contributed by atoms with E-state index in [1.165, 1.54) is 5.56 Å². The van der Waals surface area contributed by atoms with Crippen LogP contribution in [0.2, 0.25) is 0 Å². The molecular formula is C17H20O2. The highest BCUT2D eigenvalue weighted by Crippen LogP contribution is 2.26. The Balaban J connectivity index is 2.30. The van der Waals surface area contributed by atoms with Gasteiger partial charge in [0.15, 0.2) is 0 Å². The second kappa shape index (κ2) is 6.00. The summed E-state index contributed by atoms with van der Waals surface area (Å²) in [6.45, 7) is 2.34. The minimum Gasteiger partial charge on any atom is -0.382 e. The fraction of sp³-hybridized carbons (Fsp3) is 0.294. The van der Waals surface area contributed by atoms with Crippen LogP contribution in [-0.2, 0) is 16.8 Å². The Hall–Kier alpha value is -1.64. The first kappa shape index (κ1) is 13.8. The van der Waals surface area contributed by atoms with Crippen molar-refractivity contribution in [2.24, 2.45) is 0 Å². The topological polar surface area (TPSA) is 29.5 Å². The molecule has 1 unspecified atom stereocenters. The standard InChI is InChI=1S/C17H20O2/c1-14-7-6-8-15(11-14)12-17(18,13-19-2)16-9-4-3-5-10-16/h3-11,18H,12-13H2,1-2H3. The van der Waals surface area contributed by atoms with Gasteiger partial charge in [-0.25, -0.2) is 0 Å². The molecule has 2 aromatic rings. The average molecular weight is 256 g/mol. The van der Waals surface area contributed by atoms with Crippen molar-refractivity contribution >= 4 is 0 Å². The molecule has 0 spiro atoms. The lowest BCUT2D eigenvalue weighted by Gasteiger charge is -2.28. The Morgan fingerprint density at radius 3 is 2.42 bits per heavy atom.